The monoisotopic (exact) mass is 960 g/mol. The van der Waals surface area contributed by atoms with Gasteiger partial charge in [-0.3, -0.25) is 0 Å². The molecule has 15 aromatic rings. The molecule has 0 N–H and O–H groups in total. The van der Waals surface area contributed by atoms with E-state index in [4.69, 9.17) is 33.8 Å². The van der Waals surface area contributed by atoms with Crippen molar-refractivity contribution in [3.05, 3.63) is 243 Å². The van der Waals surface area contributed by atoms with Gasteiger partial charge in [-0.05, 0) is 99.8 Å². The van der Waals surface area contributed by atoms with Gasteiger partial charge in [0.1, 0.15) is 11.0 Å². The van der Waals surface area contributed by atoms with E-state index in [-0.39, 0.29) is 0 Å². The molecule has 11 aromatic carbocycles. The lowest BCUT2D eigenvalue weighted by molar-refractivity contribution is 0.619. The van der Waals surface area contributed by atoms with E-state index < -0.39 is 0 Å². The summed E-state index contributed by atoms with van der Waals surface area (Å²) in [5.74, 6) is 2.76. The third-order valence-electron chi connectivity index (χ3n) is 14.3. The molecule has 0 unspecified atom stereocenters. The number of aromatic nitrogens is 6. The molecular formula is C67H40N6O2. The predicted molar refractivity (Wildman–Crippen MR) is 302 cm³/mol. The molecule has 8 nitrogen and oxygen atoms in total. The molecule has 0 radical (unpaired) electrons. The maximum atomic E-state index is 6.09. The second-order valence-electron chi connectivity index (χ2n) is 18.8. The van der Waals surface area contributed by atoms with Gasteiger partial charge in [-0.2, -0.15) is 0 Å². The number of oxazole rings is 2. The minimum atomic E-state index is 0.546. The molecule has 15 rings (SSSR count). The molecule has 0 saturated heterocycles. The van der Waals surface area contributed by atoms with Crippen LogP contribution in [0.25, 0.3) is 151 Å². The first-order valence-corrected chi connectivity index (χ1v) is 25.0. The first kappa shape index (κ1) is 42.4. The summed E-state index contributed by atoms with van der Waals surface area (Å²) < 4.78 is 14.7. The Hall–Kier alpha value is -10.3. The van der Waals surface area contributed by atoms with E-state index >= 15 is 0 Å². The maximum absolute atomic E-state index is 6.09. The zero-order valence-electron chi connectivity index (χ0n) is 40.1. The Bertz CT molecular complexity index is 4490. The number of hydrogen-bond acceptors (Lipinski definition) is 7. The van der Waals surface area contributed by atoms with E-state index in [0.29, 0.717) is 29.3 Å². The molecule has 75 heavy (non-hydrogen) atoms. The number of para-hydroxylation sites is 4. The van der Waals surface area contributed by atoms with Gasteiger partial charge >= 0.3 is 0 Å². The zero-order valence-corrected chi connectivity index (χ0v) is 40.1. The standard InChI is InChI=1S/C67H40N6O2/c1-2-11-41(12-3-1)49-14-10-15-52(40-49)73-61-53-16-5-4-13-43(53)33-37-55(61)56-38-35-51-39-50(34-36-54(51)62(56)73)42-21-23-44(24-22-42)63-70-64(45-25-29-47(30-26-45)66-68-57-17-6-8-19-59(57)74-66)72-65(71-63)46-27-31-48(32-28-46)67-69-58-18-7-9-20-60(58)75-67/h1-40H. The highest BCUT2D eigenvalue weighted by Gasteiger charge is 2.20. The Kier molecular flexibility index (Phi) is 9.71. The first-order chi connectivity index (χ1) is 37.1. The van der Waals surface area contributed by atoms with Gasteiger partial charge < -0.3 is 13.4 Å². The average molecular weight is 961 g/mol. The van der Waals surface area contributed by atoms with Gasteiger partial charge in [0.2, 0.25) is 11.8 Å². The van der Waals surface area contributed by atoms with Gasteiger partial charge in [0.05, 0.1) is 11.0 Å². The van der Waals surface area contributed by atoms with Crippen LogP contribution in [0.5, 0.6) is 0 Å². The second-order valence-corrected chi connectivity index (χ2v) is 18.8. The topological polar surface area (TPSA) is 95.7 Å². The van der Waals surface area contributed by atoms with Crippen LogP contribution in [-0.4, -0.2) is 29.5 Å². The Morgan fingerprint density at radius 3 is 1.28 bits per heavy atom. The minimum Gasteiger partial charge on any atom is -0.436 e. The quantitative estimate of drug-likeness (QED) is 0.150. The van der Waals surface area contributed by atoms with Crippen molar-refractivity contribution in [3.8, 4) is 85.0 Å². The van der Waals surface area contributed by atoms with E-state index in [1.165, 1.54) is 49.1 Å². The largest absolute Gasteiger partial charge is 0.436 e. The third kappa shape index (κ3) is 7.34. The Morgan fingerprint density at radius 2 is 0.693 bits per heavy atom. The van der Waals surface area contributed by atoms with Gasteiger partial charge in [-0.15, -0.1) is 0 Å². The summed E-state index contributed by atoms with van der Waals surface area (Å²) in [6, 6.07) is 84.2. The van der Waals surface area contributed by atoms with Crippen molar-refractivity contribution >= 4 is 65.6 Å². The molecule has 0 atom stereocenters. The Labute approximate surface area is 429 Å². The summed E-state index contributed by atoms with van der Waals surface area (Å²) in [7, 11) is 0. The fourth-order valence-corrected chi connectivity index (χ4v) is 10.6. The van der Waals surface area contributed by atoms with E-state index in [2.05, 4.69) is 150 Å². The summed E-state index contributed by atoms with van der Waals surface area (Å²) in [5.41, 5.74) is 15.5. The molecule has 350 valence electrons. The Morgan fingerprint density at radius 1 is 0.267 bits per heavy atom. The molecule has 0 saturated carbocycles. The lowest BCUT2D eigenvalue weighted by Gasteiger charge is -2.13. The van der Waals surface area contributed by atoms with Crippen molar-refractivity contribution in [2.75, 3.05) is 0 Å². The van der Waals surface area contributed by atoms with Crippen molar-refractivity contribution in [3.63, 3.8) is 0 Å². The summed E-state index contributed by atoms with van der Waals surface area (Å²) in [4.78, 5) is 24.7. The molecule has 0 aliphatic heterocycles. The van der Waals surface area contributed by atoms with Crippen LogP contribution in [0.4, 0.5) is 0 Å². The smallest absolute Gasteiger partial charge is 0.227 e. The number of nitrogens with zero attached hydrogens (tertiary/aromatic N) is 6. The van der Waals surface area contributed by atoms with E-state index in [9.17, 15) is 0 Å². The minimum absolute atomic E-state index is 0.546. The van der Waals surface area contributed by atoms with E-state index in [1.54, 1.807) is 0 Å². The summed E-state index contributed by atoms with van der Waals surface area (Å²) >= 11 is 0. The highest BCUT2D eigenvalue weighted by Crippen LogP contribution is 2.42. The second kappa shape index (κ2) is 17.2. The number of fused-ring (bicyclic) bond motifs is 9. The lowest BCUT2D eigenvalue weighted by Crippen LogP contribution is -2.00. The molecule has 0 spiro atoms. The molecule has 0 amide bonds. The average Bonchev–Trinajstić information content (AvgIpc) is 4.23. The van der Waals surface area contributed by atoms with Crippen LogP contribution in [-0.2, 0) is 0 Å². The van der Waals surface area contributed by atoms with E-state index in [1.807, 2.05) is 97.1 Å². The Balaban J connectivity index is 0.811. The van der Waals surface area contributed by atoms with Crippen molar-refractivity contribution in [2.45, 2.75) is 0 Å². The fraction of sp³-hybridized carbons (Fsp3) is 0. The van der Waals surface area contributed by atoms with Gasteiger partial charge in [-0.1, -0.05) is 176 Å². The predicted octanol–water partition coefficient (Wildman–Crippen LogP) is 17.2. The van der Waals surface area contributed by atoms with Crippen molar-refractivity contribution < 1.29 is 8.83 Å². The maximum Gasteiger partial charge on any atom is 0.227 e. The first-order valence-electron chi connectivity index (χ1n) is 25.0. The zero-order chi connectivity index (χ0) is 49.4. The fourth-order valence-electron chi connectivity index (χ4n) is 10.6. The van der Waals surface area contributed by atoms with Crippen molar-refractivity contribution in [2.24, 2.45) is 0 Å². The van der Waals surface area contributed by atoms with Crippen molar-refractivity contribution in [1.29, 1.82) is 0 Å². The van der Waals surface area contributed by atoms with Gasteiger partial charge in [0.25, 0.3) is 0 Å². The van der Waals surface area contributed by atoms with Crippen LogP contribution in [0.1, 0.15) is 0 Å². The normalized spacial score (nSPS) is 11.7. The van der Waals surface area contributed by atoms with Crippen LogP contribution in [0, 0.1) is 0 Å². The van der Waals surface area contributed by atoms with E-state index in [0.717, 1.165) is 72.2 Å². The number of rotatable bonds is 8. The molecule has 0 fully saturated rings. The molecule has 0 aliphatic carbocycles. The highest BCUT2D eigenvalue weighted by molar-refractivity contribution is 6.24. The van der Waals surface area contributed by atoms with Gasteiger partial charge in [0, 0.05) is 55.0 Å². The van der Waals surface area contributed by atoms with Crippen LogP contribution in [0.15, 0.2) is 251 Å². The van der Waals surface area contributed by atoms with Crippen LogP contribution < -0.4 is 0 Å². The van der Waals surface area contributed by atoms with Crippen LogP contribution in [0.3, 0.4) is 0 Å². The summed E-state index contributed by atoms with van der Waals surface area (Å²) in [6.45, 7) is 0. The highest BCUT2D eigenvalue weighted by atomic mass is 16.4. The third-order valence-corrected chi connectivity index (χ3v) is 14.3. The summed E-state index contributed by atoms with van der Waals surface area (Å²) in [6.07, 6.45) is 0. The van der Waals surface area contributed by atoms with Gasteiger partial charge in [0.15, 0.2) is 28.6 Å². The summed E-state index contributed by atoms with van der Waals surface area (Å²) in [5, 5.41) is 7.24. The lowest BCUT2D eigenvalue weighted by atomic mass is 9.98. The molecule has 0 bridgehead atoms. The molecular weight excluding hydrogens is 921 g/mol. The van der Waals surface area contributed by atoms with Crippen LogP contribution in [0.2, 0.25) is 0 Å². The number of hydrogen-bond donors (Lipinski definition) is 0. The SMILES string of the molecule is c1ccc(-c2cccc(-n3c4c5ccccc5ccc4c4ccc5cc(-c6ccc(-c7nc(-c8ccc(-c9nc%10ccccc%10o9)cc8)nc(-c8ccc(-c9nc%10ccccc%10o9)cc8)n7)cc6)ccc5c43)c2)cc1. The van der Waals surface area contributed by atoms with Crippen molar-refractivity contribution in [1.82, 2.24) is 29.5 Å². The molecule has 4 aromatic heterocycles. The van der Waals surface area contributed by atoms with Gasteiger partial charge in [-0.25, -0.2) is 24.9 Å². The van der Waals surface area contributed by atoms with Crippen LogP contribution >= 0.6 is 0 Å². The molecule has 4 heterocycles. The molecule has 0 aliphatic rings. The number of benzene rings is 11. The molecule has 8 heteroatoms.